The zero-order valence-corrected chi connectivity index (χ0v) is 18.9. The predicted octanol–water partition coefficient (Wildman–Crippen LogP) is 8.51. The lowest BCUT2D eigenvalue weighted by Gasteiger charge is -2.20. The molecule has 0 unspecified atom stereocenters. The second kappa shape index (κ2) is 10.7. The molecule has 3 aromatic carbocycles. The third kappa shape index (κ3) is 6.60. The summed E-state index contributed by atoms with van der Waals surface area (Å²) in [5.74, 6) is -8.70. The van der Waals surface area contributed by atoms with Crippen LogP contribution in [0.3, 0.4) is 0 Å². The minimum absolute atomic E-state index is 0.277. The Morgan fingerprint density at radius 2 is 1.05 bits per heavy atom. The minimum atomic E-state index is -5.90. The Labute approximate surface area is 203 Å². The highest BCUT2D eigenvalue weighted by molar-refractivity contribution is 5.66. The van der Waals surface area contributed by atoms with E-state index in [-0.39, 0.29) is 12.1 Å². The Morgan fingerprint density at radius 3 is 1.51 bits per heavy atom. The van der Waals surface area contributed by atoms with E-state index < -0.39 is 88.0 Å². The van der Waals surface area contributed by atoms with Crippen molar-refractivity contribution in [1.82, 2.24) is 0 Å². The lowest BCUT2D eigenvalue weighted by molar-refractivity contribution is -0.432. The second-order valence-electron chi connectivity index (χ2n) is 8.10. The van der Waals surface area contributed by atoms with E-state index in [1.807, 2.05) is 0 Å². The highest BCUT2D eigenvalue weighted by atomic mass is 19.4. The molecule has 0 saturated heterocycles. The first-order chi connectivity index (χ1) is 17.1. The predicted molar refractivity (Wildman–Crippen MR) is 111 cm³/mol. The maximum absolute atomic E-state index is 14.6. The van der Waals surface area contributed by atoms with Crippen LogP contribution in [0.4, 0.5) is 48.3 Å². The van der Waals surface area contributed by atoms with E-state index in [2.05, 4.69) is 4.74 Å². The summed E-state index contributed by atoms with van der Waals surface area (Å²) >= 11 is 0. The van der Waals surface area contributed by atoms with Gasteiger partial charge in [0.05, 0.1) is 5.56 Å². The molecule has 0 aliphatic heterocycles. The molecule has 0 spiro atoms. The van der Waals surface area contributed by atoms with Crippen LogP contribution in [0.2, 0.25) is 0 Å². The number of rotatable bonds is 8. The van der Waals surface area contributed by atoms with Crippen molar-refractivity contribution in [3.63, 3.8) is 0 Å². The van der Waals surface area contributed by atoms with Gasteiger partial charge in [-0.3, -0.25) is 0 Å². The SMILES string of the molecule is CCCc1cc(F)c(-c2cc(F)c(CCc3cc(F)c(C(F)(F)OC(F)(F)F)c(F)c3)c(F)c2)c(F)c1. The van der Waals surface area contributed by atoms with Crippen molar-refractivity contribution >= 4 is 0 Å². The molecule has 0 N–H and O–H groups in total. The fourth-order valence-corrected chi connectivity index (χ4v) is 3.83. The Hall–Kier alpha value is -3.15. The molecule has 0 aliphatic rings. The van der Waals surface area contributed by atoms with Gasteiger partial charge >= 0.3 is 12.5 Å². The van der Waals surface area contributed by atoms with E-state index in [4.69, 9.17) is 0 Å². The molecule has 0 amide bonds. The largest absolute Gasteiger partial charge is 0.527 e. The lowest BCUT2D eigenvalue weighted by atomic mass is 9.96. The van der Waals surface area contributed by atoms with Crippen molar-refractivity contribution in [3.05, 3.63) is 93.6 Å². The number of hydrogen-bond acceptors (Lipinski definition) is 1. The van der Waals surface area contributed by atoms with Gasteiger partial charge in [0, 0.05) is 5.56 Å². The van der Waals surface area contributed by atoms with E-state index in [9.17, 15) is 48.3 Å². The third-order valence-corrected chi connectivity index (χ3v) is 5.37. The number of alkyl halides is 5. The van der Waals surface area contributed by atoms with E-state index in [1.54, 1.807) is 6.92 Å². The van der Waals surface area contributed by atoms with Crippen molar-refractivity contribution in [1.29, 1.82) is 0 Å². The monoisotopic (exact) mass is 542 g/mol. The van der Waals surface area contributed by atoms with E-state index in [1.165, 1.54) is 0 Å². The van der Waals surface area contributed by atoms with Gasteiger partial charge in [-0.25, -0.2) is 31.1 Å². The summed E-state index contributed by atoms with van der Waals surface area (Å²) in [7, 11) is 0. The molecule has 0 atom stereocenters. The molecule has 37 heavy (non-hydrogen) atoms. The smallest absolute Gasteiger partial charge is 0.222 e. The highest BCUT2D eigenvalue weighted by Crippen LogP contribution is 2.39. The Morgan fingerprint density at radius 1 is 0.595 bits per heavy atom. The zero-order chi connectivity index (χ0) is 27.7. The molecular weight excluding hydrogens is 525 g/mol. The molecule has 3 rings (SSSR count). The molecule has 0 aromatic heterocycles. The van der Waals surface area contributed by atoms with E-state index >= 15 is 0 Å². The molecule has 0 aliphatic carbocycles. The lowest BCUT2D eigenvalue weighted by Crippen LogP contribution is -2.29. The molecule has 0 radical (unpaired) electrons. The molecular formula is C25H17F11O. The summed E-state index contributed by atoms with van der Waals surface area (Å²) in [4.78, 5) is 0. The quantitative estimate of drug-likeness (QED) is 0.260. The molecule has 0 heterocycles. The van der Waals surface area contributed by atoms with Crippen LogP contribution in [0.25, 0.3) is 11.1 Å². The van der Waals surface area contributed by atoms with Crippen LogP contribution in [0.15, 0.2) is 36.4 Å². The molecule has 0 bridgehead atoms. The van der Waals surface area contributed by atoms with Crippen LogP contribution in [0.5, 0.6) is 0 Å². The molecule has 3 aromatic rings. The van der Waals surface area contributed by atoms with Gasteiger partial charge in [0.15, 0.2) is 0 Å². The molecule has 12 heteroatoms. The van der Waals surface area contributed by atoms with Crippen LogP contribution < -0.4 is 0 Å². The van der Waals surface area contributed by atoms with Crippen LogP contribution >= 0.6 is 0 Å². The van der Waals surface area contributed by atoms with Gasteiger partial charge in [0.2, 0.25) is 0 Å². The number of ether oxygens (including phenoxy) is 1. The van der Waals surface area contributed by atoms with Crippen LogP contribution in [0, 0.1) is 34.9 Å². The van der Waals surface area contributed by atoms with Crippen molar-refractivity contribution in [2.45, 2.75) is 45.1 Å². The maximum Gasteiger partial charge on any atom is 0.527 e. The highest BCUT2D eigenvalue weighted by Gasteiger charge is 2.49. The zero-order valence-electron chi connectivity index (χ0n) is 18.9. The van der Waals surface area contributed by atoms with Gasteiger partial charge in [0.1, 0.15) is 40.5 Å². The fourth-order valence-electron chi connectivity index (χ4n) is 3.83. The maximum atomic E-state index is 14.6. The first-order valence-electron chi connectivity index (χ1n) is 10.7. The third-order valence-electron chi connectivity index (χ3n) is 5.37. The number of hydrogen-bond donors (Lipinski definition) is 0. The van der Waals surface area contributed by atoms with Crippen LogP contribution in [0.1, 0.15) is 35.6 Å². The van der Waals surface area contributed by atoms with Crippen molar-refractivity contribution in [2.75, 3.05) is 0 Å². The fraction of sp³-hybridized carbons (Fsp3) is 0.280. The Bertz CT molecular complexity index is 1230. The summed E-state index contributed by atoms with van der Waals surface area (Å²) in [6, 6.07) is 3.97. The van der Waals surface area contributed by atoms with Crippen molar-refractivity contribution in [3.8, 4) is 11.1 Å². The van der Waals surface area contributed by atoms with Gasteiger partial charge in [0.25, 0.3) is 0 Å². The normalized spacial score (nSPS) is 12.3. The molecule has 1 nitrogen and oxygen atoms in total. The average Bonchev–Trinajstić information content (AvgIpc) is 2.70. The van der Waals surface area contributed by atoms with E-state index in [0.29, 0.717) is 30.5 Å². The topological polar surface area (TPSA) is 9.23 Å². The summed E-state index contributed by atoms with van der Waals surface area (Å²) in [5, 5.41) is 0. The Kier molecular flexibility index (Phi) is 8.21. The molecule has 0 fully saturated rings. The standard InChI is InChI=1S/C25H17F11O/c1-2-3-12-6-18(28)22(19(29)7-12)14-10-16(26)15(17(27)11-14)5-4-13-8-20(30)23(21(31)9-13)24(32,33)37-25(34,35)36/h6-11H,2-5H2,1H3. The van der Waals surface area contributed by atoms with Gasteiger partial charge in [-0.15, -0.1) is 13.2 Å². The van der Waals surface area contributed by atoms with Crippen molar-refractivity contribution < 1.29 is 53.0 Å². The van der Waals surface area contributed by atoms with Gasteiger partial charge in [-0.05, 0) is 72.4 Å². The number of aryl methyl sites for hydroxylation is 2. The number of halogens is 11. The molecule has 200 valence electrons. The summed E-state index contributed by atoms with van der Waals surface area (Å²) < 4.78 is 152. The molecule has 0 saturated carbocycles. The summed E-state index contributed by atoms with van der Waals surface area (Å²) in [6.45, 7) is 1.79. The van der Waals surface area contributed by atoms with Crippen LogP contribution in [-0.4, -0.2) is 6.36 Å². The summed E-state index contributed by atoms with van der Waals surface area (Å²) in [5.41, 5.74) is -4.08. The Balaban J connectivity index is 1.86. The summed E-state index contributed by atoms with van der Waals surface area (Å²) in [6.07, 6.45) is -11.4. The van der Waals surface area contributed by atoms with Gasteiger partial charge in [-0.2, -0.15) is 8.78 Å². The van der Waals surface area contributed by atoms with Crippen LogP contribution in [-0.2, 0) is 30.1 Å². The average molecular weight is 542 g/mol. The van der Waals surface area contributed by atoms with E-state index in [0.717, 1.165) is 12.1 Å². The number of benzene rings is 3. The van der Waals surface area contributed by atoms with Crippen molar-refractivity contribution in [2.24, 2.45) is 0 Å². The van der Waals surface area contributed by atoms with Gasteiger partial charge in [-0.1, -0.05) is 13.3 Å². The second-order valence-corrected chi connectivity index (χ2v) is 8.10. The van der Waals surface area contributed by atoms with Gasteiger partial charge < -0.3 is 0 Å². The first-order valence-corrected chi connectivity index (χ1v) is 10.7. The minimum Gasteiger partial charge on any atom is -0.222 e. The first kappa shape index (κ1) is 28.4.